The summed E-state index contributed by atoms with van der Waals surface area (Å²) in [5.74, 6) is -0.385. The van der Waals surface area contributed by atoms with Crippen molar-refractivity contribution in [1.29, 1.82) is 0 Å². The summed E-state index contributed by atoms with van der Waals surface area (Å²) in [6.45, 7) is 3.12. The standard InChI is InChI=1S/C34H33ClF3NO3.ClH/c1-24(18-19-42-29-16-8-10-25(20-29)21-32(40)41)39(22-28-15-9-17-31(33(28)35)34(36,37)38)23-30(26-11-4-2-5-12-26)27-13-6-3-7-14-27;/h2-17,20,24,30H,18-19,21-23H2,1H3,(H,40,41);1H. The van der Waals surface area contributed by atoms with Crippen molar-refractivity contribution >= 4 is 30.0 Å². The Morgan fingerprint density at radius 1 is 0.907 bits per heavy atom. The molecule has 43 heavy (non-hydrogen) atoms. The molecular formula is C34H34Cl2F3NO3. The van der Waals surface area contributed by atoms with Crippen LogP contribution in [0.3, 0.4) is 0 Å². The molecule has 0 saturated carbocycles. The van der Waals surface area contributed by atoms with Crippen molar-refractivity contribution in [3.8, 4) is 5.75 Å². The highest BCUT2D eigenvalue weighted by molar-refractivity contribution is 6.32. The van der Waals surface area contributed by atoms with E-state index in [1.54, 1.807) is 30.3 Å². The van der Waals surface area contributed by atoms with E-state index in [0.29, 0.717) is 36.4 Å². The Morgan fingerprint density at radius 2 is 1.51 bits per heavy atom. The molecule has 0 aliphatic rings. The number of ether oxygens (including phenoxy) is 1. The third-order valence-corrected chi connectivity index (χ3v) is 7.71. The van der Waals surface area contributed by atoms with Crippen molar-refractivity contribution in [2.75, 3.05) is 13.2 Å². The third kappa shape index (κ3) is 9.75. The molecule has 0 heterocycles. The Bertz CT molecular complexity index is 1410. The lowest BCUT2D eigenvalue weighted by molar-refractivity contribution is -0.138. The normalized spacial score (nSPS) is 12.2. The van der Waals surface area contributed by atoms with E-state index in [1.165, 1.54) is 6.07 Å². The maximum atomic E-state index is 13.7. The number of benzene rings is 4. The molecule has 1 unspecified atom stereocenters. The average molecular weight is 633 g/mol. The summed E-state index contributed by atoms with van der Waals surface area (Å²) < 4.78 is 46.9. The predicted molar refractivity (Wildman–Crippen MR) is 166 cm³/mol. The van der Waals surface area contributed by atoms with E-state index in [-0.39, 0.29) is 42.4 Å². The Balaban J connectivity index is 0.00000506. The third-order valence-electron chi connectivity index (χ3n) is 7.26. The molecule has 0 radical (unpaired) electrons. The zero-order valence-electron chi connectivity index (χ0n) is 23.6. The van der Waals surface area contributed by atoms with Crippen LogP contribution in [0.2, 0.25) is 5.02 Å². The van der Waals surface area contributed by atoms with Gasteiger partial charge in [-0.25, -0.2) is 0 Å². The molecule has 0 amide bonds. The molecular weight excluding hydrogens is 598 g/mol. The molecule has 4 rings (SSSR count). The Hall–Kier alpha value is -3.52. The Morgan fingerprint density at radius 3 is 2.09 bits per heavy atom. The lowest BCUT2D eigenvalue weighted by Crippen LogP contribution is -2.37. The van der Waals surface area contributed by atoms with Crippen LogP contribution in [0.15, 0.2) is 103 Å². The Labute approximate surface area is 261 Å². The number of carboxylic acid groups (broad SMARTS) is 1. The van der Waals surface area contributed by atoms with E-state index in [4.69, 9.17) is 21.4 Å². The first-order chi connectivity index (χ1) is 20.1. The number of hydrogen-bond acceptors (Lipinski definition) is 3. The molecule has 9 heteroatoms. The summed E-state index contributed by atoms with van der Waals surface area (Å²) >= 11 is 6.33. The van der Waals surface area contributed by atoms with E-state index in [1.807, 2.05) is 43.3 Å². The van der Waals surface area contributed by atoms with Gasteiger partial charge >= 0.3 is 12.1 Å². The van der Waals surface area contributed by atoms with Gasteiger partial charge in [-0.05, 0) is 53.8 Å². The number of carboxylic acids is 1. The van der Waals surface area contributed by atoms with Gasteiger partial charge < -0.3 is 9.84 Å². The molecule has 0 aliphatic heterocycles. The number of hydrogen-bond donors (Lipinski definition) is 1. The molecule has 0 bridgehead atoms. The van der Waals surface area contributed by atoms with Crippen LogP contribution in [0.4, 0.5) is 13.2 Å². The predicted octanol–water partition coefficient (Wildman–Crippen LogP) is 8.90. The molecule has 0 spiro atoms. The maximum Gasteiger partial charge on any atom is 0.417 e. The lowest BCUT2D eigenvalue weighted by Gasteiger charge is -2.34. The zero-order chi connectivity index (χ0) is 30.1. The molecule has 4 aromatic rings. The highest BCUT2D eigenvalue weighted by Gasteiger charge is 2.34. The molecule has 4 aromatic carbocycles. The largest absolute Gasteiger partial charge is 0.494 e. The van der Waals surface area contributed by atoms with Crippen LogP contribution >= 0.6 is 24.0 Å². The SMILES string of the molecule is CC(CCOc1cccc(CC(=O)O)c1)N(Cc1cccc(C(F)(F)F)c1Cl)CC(c1ccccc1)c1ccccc1.Cl. The van der Waals surface area contributed by atoms with Crippen molar-refractivity contribution in [2.24, 2.45) is 0 Å². The first-order valence-electron chi connectivity index (χ1n) is 13.7. The van der Waals surface area contributed by atoms with E-state index >= 15 is 0 Å². The maximum absolute atomic E-state index is 13.7. The minimum atomic E-state index is -4.55. The monoisotopic (exact) mass is 631 g/mol. The van der Waals surface area contributed by atoms with E-state index in [2.05, 4.69) is 29.2 Å². The van der Waals surface area contributed by atoms with Gasteiger partial charge in [0.1, 0.15) is 5.75 Å². The van der Waals surface area contributed by atoms with Crippen molar-refractivity contribution < 1.29 is 27.8 Å². The van der Waals surface area contributed by atoms with Crippen molar-refractivity contribution in [3.63, 3.8) is 0 Å². The fraction of sp³-hybridized carbons (Fsp3) is 0.265. The van der Waals surface area contributed by atoms with Crippen molar-refractivity contribution in [3.05, 3.63) is 136 Å². The fourth-order valence-corrected chi connectivity index (χ4v) is 5.29. The van der Waals surface area contributed by atoms with Crippen molar-refractivity contribution in [1.82, 2.24) is 4.90 Å². The first kappa shape index (κ1) is 34.0. The van der Waals surface area contributed by atoms with Crippen LogP contribution < -0.4 is 4.74 Å². The quantitative estimate of drug-likeness (QED) is 0.160. The van der Waals surface area contributed by atoms with Gasteiger partial charge in [-0.1, -0.05) is 96.5 Å². The smallest absolute Gasteiger partial charge is 0.417 e. The summed E-state index contributed by atoms with van der Waals surface area (Å²) in [5, 5.41) is 8.80. The van der Waals surface area contributed by atoms with Crippen LogP contribution in [0.25, 0.3) is 0 Å². The summed E-state index contributed by atoms with van der Waals surface area (Å²) in [6.07, 6.45) is -4.07. The van der Waals surface area contributed by atoms with E-state index in [9.17, 15) is 18.0 Å². The minimum absolute atomic E-state index is 0. The number of carbonyl (C=O) groups is 1. The molecule has 228 valence electrons. The van der Waals surface area contributed by atoms with Gasteiger partial charge in [0.2, 0.25) is 0 Å². The van der Waals surface area contributed by atoms with Crippen LogP contribution in [0, 0.1) is 0 Å². The molecule has 1 atom stereocenters. The highest BCUT2D eigenvalue weighted by Crippen LogP contribution is 2.37. The first-order valence-corrected chi connectivity index (χ1v) is 14.1. The topological polar surface area (TPSA) is 49.8 Å². The number of alkyl halides is 3. The molecule has 0 aromatic heterocycles. The lowest BCUT2D eigenvalue weighted by atomic mass is 9.90. The second-order valence-electron chi connectivity index (χ2n) is 10.3. The molecule has 4 nitrogen and oxygen atoms in total. The summed E-state index contributed by atoms with van der Waals surface area (Å²) in [4.78, 5) is 13.2. The van der Waals surface area contributed by atoms with Gasteiger partial charge in [0.25, 0.3) is 0 Å². The van der Waals surface area contributed by atoms with Gasteiger partial charge in [-0.2, -0.15) is 13.2 Å². The van der Waals surface area contributed by atoms with Gasteiger partial charge in [-0.15, -0.1) is 12.4 Å². The minimum Gasteiger partial charge on any atom is -0.494 e. The molecule has 1 N–H and O–H groups in total. The number of nitrogens with zero attached hydrogens (tertiary/aromatic N) is 1. The molecule has 0 aliphatic carbocycles. The highest BCUT2D eigenvalue weighted by atomic mass is 35.5. The second kappa shape index (κ2) is 15.8. The summed E-state index contributed by atoms with van der Waals surface area (Å²) in [6, 6.07) is 31.0. The summed E-state index contributed by atoms with van der Waals surface area (Å²) in [7, 11) is 0. The number of halogens is 5. The fourth-order valence-electron chi connectivity index (χ4n) is 5.00. The Kier molecular flexibility index (Phi) is 12.5. The number of aliphatic carboxylic acids is 1. The van der Waals surface area contributed by atoms with Crippen LogP contribution in [-0.4, -0.2) is 35.2 Å². The van der Waals surface area contributed by atoms with E-state index < -0.39 is 17.7 Å². The number of rotatable bonds is 13. The zero-order valence-corrected chi connectivity index (χ0v) is 25.2. The average Bonchev–Trinajstić information content (AvgIpc) is 2.96. The van der Waals surface area contributed by atoms with Gasteiger partial charge in [0.15, 0.2) is 0 Å². The molecule has 0 saturated heterocycles. The summed E-state index contributed by atoms with van der Waals surface area (Å²) in [5.41, 5.74) is 2.40. The van der Waals surface area contributed by atoms with Gasteiger partial charge in [0, 0.05) is 25.0 Å². The van der Waals surface area contributed by atoms with Crippen LogP contribution in [-0.2, 0) is 23.9 Å². The van der Waals surface area contributed by atoms with E-state index in [0.717, 1.165) is 17.2 Å². The van der Waals surface area contributed by atoms with Gasteiger partial charge in [0.05, 0.1) is 23.6 Å². The second-order valence-corrected chi connectivity index (χ2v) is 10.7. The molecule has 0 fully saturated rings. The van der Waals surface area contributed by atoms with Crippen molar-refractivity contribution in [2.45, 2.75) is 44.4 Å². The van der Waals surface area contributed by atoms with Gasteiger partial charge in [-0.3, -0.25) is 9.69 Å². The van der Waals surface area contributed by atoms with Crippen LogP contribution in [0.5, 0.6) is 5.75 Å². The van der Waals surface area contributed by atoms with Crippen LogP contribution in [0.1, 0.15) is 47.1 Å².